The molecular formula is C23H23F4N7O2S2. The van der Waals surface area contributed by atoms with Crippen LogP contribution in [0.25, 0.3) is 20.8 Å². The fourth-order valence-electron chi connectivity index (χ4n) is 4.24. The molecule has 1 amide bonds. The normalized spacial score (nSPS) is 18.7. The first-order valence-electron chi connectivity index (χ1n) is 11.6. The number of aromatic nitrogens is 4. The molecule has 0 aliphatic carbocycles. The smallest absolute Gasteiger partial charge is 0.378 e. The van der Waals surface area contributed by atoms with Gasteiger partial charge in [0.25, 0.3) is 0 Å². The molecule has 5 rings (SSSR count). The number of nitrogens with zero attached hydrogens (tertiary/aromatic N) is 5. The van der Waals surface area contributed by atoms with E-state index in [1.807, 2.05) is 11.9 Å². The minimum atomic E-state index is -4.57. The summed E-state index contributed by atoms with van der Waals surface area (Å²) in [5, 5.41) is 14.0. The van der Waals surface area contributed by atoms with Crippen molar-refractivity contribution < 1.29 is 26.9 Å². The number of carbonyl (C=O) groups is 1. The van der Waals surface area contributed by atoms with Crippen LogP contribution in [0.2, 0.25) is 0 Å². The molecule has 0 bridgehead atoms. The highest BCUT2D eigenvalue weighted by atomic mass is 32.2. The van der Waals surface area contributed by atoms with Gasteiger partial charge in [-0.1, -0.05) is 17.3 Å². The molecule has 0 radical (unpaired) electrons. The van der Waals surface area contributed by atoms with Crippen molar-refractivity contribution in [1.82, 2.24) is 24.8 Å². The second-order valence-electron chi connectivity index (χ2n) is 8.95. The summed E-state index contributed by atoms with van der Waals surface area (Å²) in [6.45, 7) is 0.984. The van der Waals surface area contributed by atoms with Crippen LogP contribution in [-0.4, -0.2) is 68.6 Å². The third kappa shape index (κ3) is 5.94. The van der Waals surface area contributed by atoms with Crippen LogP contribution in [0.3, 0.4) is 0 Å². The lowest BCUT2D eigenvalue weighted by Gasteiger charge is -2.33. The van der Waals surface area contributed by atoms with E-state index in [1.165, 1.54) is 10.9 Å². The Morgan fingerprint density at radius 3 is 2.84 bits per heavy atom. The standard InChI is InChI=1S/C23H23F4N7O2S2/c1-33-7-6-15(14(24)11-33)30-16-5-3-4-13-19(16)37-21(20(13)38-23(25,26)27)22-31-18(36-32-22)8-17(35)29-12-9-28-34(2)10-12/h3-5,9-10,14-15,30H,6-8,11H2,1-2H3,(H,29,35)/t14-,15+/m0/s1. The molecule has 2 atom stereocenters. The lowest BCUT2D eigenvalue weighted by molar-refractivity contribution is -0.115. The molecule has 202 valence electrons. The van der Waals surface area contributed by atoms with Gasteiger partial charge in [0.15, 0.2) is 0 Å². The number of aryl methyl sites for hydroxylation is 1. The fraction of sp³-hybridized carbons (Fsp3) is 0.391. The minimum absolute atomic E-state index is 0.0493. The first-order chi connectivity index (χ1) is 18.1. The Morgan fingerprint density at radius 1 is 1.32 bits per heavy atom. The quantitative estimate of drug-likeness (QED) is 0.239. The number of benzene rings is 1. The van der Waals surface area contributed by atoms with Gasteiger partial charge in [-0.05, 0) is 31.3 Å². The van der Waals surface area contributed by atoms with Crippen molar-refractivity contribution in [1.29, 1.82) is 0 Å². The number of hydrogen-bond donors (Lipinski definition) is 2. The van der Waals surface area contributed by atoms with Crippen molar-refractivity contribution in [2.75, 3.05) is 30.8 Å². The van der Waals surface area contributed by atoms with Gasteiger partial charge in [-0.3, -0.25) is 9.48 Å². The first kappa shape index (κ1) is 26.4. The summed E-state index contributed by atoms with van der Waals surface area (Å²) in [7, 11) is 3.55. The van der Waals surface area contributed by atoms with Gasteiger partial charge in [-0.25, -0.2) is 4.39 Å². The Morgan fingerprint density at radius 2 is 2.13 bits per heavy atom. The number of thiophene rings is 1. The molecule has 15 heteroatoms. The zero-order valence-electron chi connectivity index (χ0n) is 20.3. The molecule has 9 nitrogen and oxygen atoms in total. The van der Waals surface area contributed by atoms with Crippen molar-refractivity contribution in [3.8, 4) is 10.7 Å². The summed E-state index contributed by atoms with van der Waals surface area (Å²) >= 11 is 0.792. The summed E-state index contributed by atoms with van der Waals surface area (Å²) < 4.78 is 62.6. The third-order valence-corrected chi connectivity index (χ3v) is 8.17. The van der Waals surface area contributed by atoms with Crippen LogP contribution in [-0.2, 0) is 18.3 Å². The number of piperidine rings is 1. The van der Waals surface area contributed by atoms with Crippen molar-refractivity contribution in [3.63, 3.8) is 0 Å². The Labute approximate surface area is 222 Å². The second-order valence-corrected chi connectivity index (χ2v) is 11.0. The van der Waals surface area contributed by atoms with Crippen LogP contribution in [0.4, 0.5) is 28.9 Å². The number of thioether (sulfide) groups is 1. The number of fused-ring (bicyclic) bond motifs is 1. The van der Waals surface area contributed by atoms with E-state index in [2.05, 4.69) is 25.9 Å². The number of anilines is 2. The molecular weight excluding hydrogens is 546 g/mol. The zero-order valence-corrected chi connectivity index (χ0v) is 21.9. The number of likely N-dealkylation sites (tertiary alicyclic amines) is 1. The van der Waals surface area contributed by atoms with E-state index >= 15 is 0 Å². The van der Waals surface area contributed by atoms with Gasteiger partial charge in [-0.2, -0.15) is 23.3 Å². The molecule has 1 fully saturated rings. The van der Waals surface area contributed by atoms with Crippen molar-refractivity contribution >= 4 is 50.5 Å². The number of hydrogen-bond acceptors (Lipinski definition) is 9. The topological polar surface area (TPSA) is 101 Å². The highest BCUT2D eigenvalue weighted by Crippen LogP contribution is 2.50. The van der Waals surface area contributed by atoms with Crippen molar-refractivity contribution in [2.24, 2.45) is 7.05 Å². The van der Waals surface area contributed by atoms with Gasteiger partial charge in [0.1, 0.15) is 12.6 Å². The van der Waals surface area contributed by atoms with Gasteiger partial charge in [0, 0.05) is 36.6 Å². The predicted molar refractivity (Wildman–Crippen MR) is 137 cm³/mol. The second kappa shape index (κ2) is 10.5. The lowest BCUT2D eigenvalue weighted by Crippen LogP contribution is -2.46. The highest BCUT2D eigenvalue weighted by molar-refractivity contribution is 8.00. The van der Waals surface area contributed by atoms with Gasteiger partial charge in [0.2, 0.25) is 17.6 Å². The molecule has 4 heterocycles. The van der Waals surface area contributed by atoms with Crippen LogP contribution in [0.1, 0.15) is 12.3 Å². The summed E-state index contributed by atoms with van der Waals surface area (Å²) in [5.41, 5.74) is -3.55. The van der Waals surface area contributed by atoms with Crippen LogP contribution < -0.4 is 10.6 Å². The van der Waals surface area contributed by atoms with E-state index < -0.39 is 23.6 Å². The third-order valence-electron chi connectivity index (χ3n) is 5.94. The first-order valence-corrected chi connectivity index (χ1v) is 13.2. The number of amides is 1. The fourth-order valence-corrected chi connectivity index (χ4v) is 6.35. The van der Waals surface area contributed by atoms with Gasteiger partial charge in [-0.15, -0.1) is 11.3 Å². The Kier molecular flexibility index (Phi) is 7.33. The Hall–Kier alpha value is -3.17. The molecule has 1 saturated heterocycles. The molecule has 0 unspecified atom stereocenters. The summed E-state index contributed by atoms with van der Waals surface area (Å²) in [4.78, 5) is 18.5. The van der Waals surface area contributed by atoms with E-state index in [1.54, 1.807) is 31.4 Å². The average molecular weight is 570 g/mol. The van der Waals surface area contributed by atoms with E-state index in [0.717, 1.165) is 11.3 Å². The molecule has 3 aromatic heterocycles. The molecule has 4 aromatic rings. The average Bonchev–Trinajstić information content (AvgIpc) is 3.54. The van der Waals surface area contributed by atoms with Crippen molar-refractivity contribution in [3.05, 3.63) is 36.5 Å². The van der Waals surface area contributed by atoms with Crippen LogP contribution in [0.5, 0.6) is 0 Å². The Balaban J connectivity index is 1.44. The number of nitrogens with one attached hydrogen (secondary N) is 2. The number of rotatable bonds is 7. The molecule has 1 aliphatic heterocycles. The molecule has 1 aliphatic rings. The van der Waals surface area contributed by atoms with E-state index in [0.29, 0.717) is 34.4 Å². The van der Waals surface area contributed by atoms with Gasteiger partial charge >= 0.3 is 5.51 Å². The number of halogens is 4. The monoisotopic (exact) mass is 569 g/mol. The Bertz CT molecular complexity index is 1450. The summed E-state index contributed by atoms with van der Waals surface area (Å²) in [6, 6.07) is 4.48. The SMILES string of the molecule is CN1CC[C@@H](Nc2cccc3c(SC(F)(F)F)c(-c4noc(CC(=O)Nc5cnn(C)c5)n4)sc23)[C@@H](F)C1. The minimum Gasteiger partial charge on any atom is -0.378 e. The largest absolute Gasteiger partial charge is 0.446 e. The van der Waals surface area contributed by atoms with E-state index in [4.69, 9.17) is 4.52 Å². The van der Waals surface area contributed by atoms with Gasteiger partial charge in [0.05, 0.1) is 33.2 Å². The van der Waals surface area contributed by atoms with Crippen LogP contribution in [0, 0.1) is 0 Å². The zero-order chi connectivity index (χ0) is 27.0. The molecule has 0 spiro atoms. The number of alkyl halides is 4. The van der Waals surface area contributed by atoms with E-state index in [-0.39, 0.29) is 46.2 Å². The lowest BCUT2D eigenvalue weighted by atomic mass is 10.0. The van der Waals surface area contributed by atoms with E-state index in [9.17, 15) is 22.4 Å². The van der Waals surface area contributed by atoms with Crippen molar-refractivity contribution in [2.45, 2.75) is 35.5 Å². The summed E-state index contributed by atoms with van der Waals surface area (Å²) in [5.74, 6) is -0.553. The van der Waals surface area contributed by atoms with Crippen LogP contribution >= 0.6 is 23.1 Å². The molecule has 1 aromatic carbocycles. The maximum Gasteiger partial charge on any atom is 0.446 e. The number of carbonyl (C=O) groups excluding carboxylic acids is 1. The predicted octanol–water partition coefficient (Wildman–Crippen LogP) is 4.93. The maximum absolute atomic E-state index is 14.7. The van der Waals surface area contributed by atoms with Gasteiger partial charge < -0.3 is 20.1 Å². The molecule has 2 N–H and O–H groups in total. The van der Waals surface area contributed by atoms with Crippen LogP contribution in [0.15, 0.2) is 40.0 Å². The maximum atomic E-state index is 14.7. The highest BCUT2D eigenvalue weighted by Gasteiger charge is 2.35. The summed E-state index contributed by atoms with van der Waals surface area (Å²) in [6.07, 6.45) is 2.25. The molecule has 0 saturated carbocycles. The molecule has 38 heavy (non-hydrogen) atoms.